The molecule has 1 heterocycles. The van der Waals surface area contributed by atoms with E-state index in [9.17, 15) is 0 Å². The average Bonchev–Trinajstić information content (AvgIpc) is 2.65. The minimum atomic E-state index is 0.469. The highest BCUT2D eigenvalue weighted by Crippen LogP contribution is 2.23. The first-order valence-electron chi connectivity index (χ1n) is 9.25. The summed E-state index contributed by atoms with van der Waals surface area (Å²) in [5.74, 6) is 0.671. The Labute approximate surface area is 155 Å². The summed E-state index contributed by atoms with van der Waals surface area (Å²) in [6.45, 7) is 5.80. The molecule has 0 radical (unpaired) electrons. The van der Waals surface area contributed by atoms with Crippen molar-refractivity contribution in [3.63, 3.8) is 0 Å². The Kier molecular flexibility index (Phi) is 6.64. The molecule has 1 aromatic carbocycles. The molecule has 2 aliphatic rings. The fraction of sp³-hybridized carbons (Fsp3) is 0.579. The van der Waals surface area contributed by atoms with Crippen LogP contribution >= 0.6 is 12.2 Å². The second kappa shape index (κ2) is 9.15. The zero-order valence-electron chi connectivity index (χ0n) is 14.9. The third-order valence-corrected chi connectivity index (χ3v) is 5.29. The number of rotatable bonds is 4. The van der Waals surface area contributed by atoms with Gasteiger partial charge in [0.1, 0.15) is 0 Å². The summed E-state index contributed by atoms with van der Waals surface area (Å²) in [5, 5.41) is 8.27. The molecule has 1 aliphatic carbocycles. The zero-order chi connectivity index (χ0) is 17.5. The third-order valence-electron chi connectivity index (χ3n) is 5.08. The van der Waals surface area contributed by atoms with Crippen LogP contribution in [0.2, 0.25) is 0 Å². The quantitative estimate of drug-likeness (QED) is 0.491. The lowest BCUT2D eigenvalue weighted by Crippen LogP contribution is -2.44. The number of hydrazone groups is 1. The molecule has 1 saturated heterocycles. The molecule has 0 spiro atoms. The molecular weight excluding hydrogens is 332 g/mol. The van der Waals surface area contributed by atoms with Crippen molar-refractivity contribution in [2.24, 2.45) is 11.0 Å². The van der Waals surface area contributed by atoms with Gasteiger partial charge in [-0.2, -0.15) is 5.10 Å². The van der Waals surface area contributed by atoms with Crippen molar-refractivity contribution in [2.75, 3.05) is 31.2 Å². The van der Waals surface area contributed by atoms with Crippen molar-refractivity contribution >= 4 is 29.2 Å². The van der Waals surface area contributed by atoms with Gasteiger partial charge in [-0.15, -0.1) is 0 Å². The summed E-state index contributed by atoms with van der Waals surface area (Å²) < 4.78 is 5.39. The van der Waals surface area contributed by atoms with Crippen molar-refractivity contribution in [2.45, 2.75) is 38.6 Å². The van der Waals surface area contributed by atoms with Gasteiger partial charge in [-0.3, -0.25) is 5.43 Å². The highest BCUT2D eigenvalue weighted by Gasteiger charge is 2.21. The summed E-state index contributed by atoms with van der Waals surface area (Å²) >= 11 is 5.35. The number of hydrogen-bond acceptors (Lipinski definition) is 4. The molecule has 3 rings (SSSR count). The molecule has 1 aromatic rings. The highest BCUT2D eigenvalue weighted by molar-refractivity contribution is 7.80. The number of hydrogen-bond donors (Lipinski definition) is 2. The van der Waals surface area contributed by atoms with E-state index in [1.54, 1.807) is 6.21 Å². The molecule has 2 atom stereocenters. The van der Waals surface area contributed by atoms with Crippen LogP contribution in [0, 0.1) is 5.92 Å². The summed E-state index contributed by atoms with van der Waals surface area (Å²) in [5.41, 5.74) is 5.23. The number of thiocarbonyl (C=S) groups is 1. The number of nitrogens with zero attached hydrogens (tertiary/aromatic N) is 2. The molecule has 1 saturated carbocycles. The molecule has 0 unspecified atom stereocenters. The fourth-order valence-electron chi connectivity index (χ4n) is 3.49. The molecule has 6 heteroatoms. The lowest BCUT2D eigenvalue weighted by Gasteiger charge is -2.30. The summed E-state index contributed by atoms with van der Waals surface area (Å²) in [6.07, 6.45) is 6.89. The SMILES string of the molecule is C[C@@H]1CCCC[C@H]1NC(=S)N/N=C\c1ccc(N2CCOCC2)cc1. The number of benzene rings is 1. The van der Waals surface area contributed by atoms with E-state index in [-0.39, 0.29) is 0 Å². The van der Waals surface area contributed by atoms with Crippen molar-refractivity contribution < 1.29 is 4.74 Å². The van der Waals surface area contributed by atoms with E-state index in [2.05, 4.69) is 51.9 Å². The highest BCUT2D eigenvalue weighted by atomic mass is 32.1. The second-order valence-corrected chi connectivity index (χ2v) is 7.31. The predicted octanol–water partition coefficient (Wildman–Crippen LogP) is 2.90. The van der Waals surface area contributed by atoms with Crippen LogP contribution in [0.1, 0.15) is 38.2 Å². The van der Waals surface area contributed by atoms with E-state index in [1.807, 2.05) is 0 Å². The lowest BCUT2D eigenvalue weighted by atomic mass is 9.86. The monoisotopic (exact) mass is 360 g/mol. The minimum absolute atomic E-state index is 0.469. The first-order valence-corrected chi connectivity index (χ1v) is 9.65. The number of ether oxygens (including phenoxy) is 1. The normalized spacial score (nSPS) is 24.3. The molecule has 2 fully saturated rings. The van der Waals surface area contributed by atoms with Crippen LogP contribution < -0.4 is 15.6 Å². The van der Waals surface area contributed by atoms with Gasteiger partial charge < -0.3 is 15.0 Å². The zero-order valence-corrected chi connectivity index (χ0v) is 15.7. The van der Waals surface area contributed by atoms with E-state index in [4.69, 9.17) is 17.0 Å². The lowest BCUT2D eigenvalue weighted by molar-refractivity contribution is 0.122. The maximum atomic E-state index is 5.39. The Morgan fingerprint density at radius 1 is 1.20 bits per heavy atom. The average molecular weight is 361 g/mol. The van der Waals surface area contributed by atoms with E-state index in [0.717, 1.165) is 31.9 Å². The number of nitrogens with one attached hydrogen (secondary N) is 2. The van der Waals surface area contributed by atoms with Gasteiger partial charge in [-0.25, -0.2) is 0 Å². The van der Waals surface area contributed by atoms with E-state index < -0.39 is 0 Å². The maximum Gasteiger partial charge on any atom is 0.187 e. The van der Waals surface area contributed by atoms with Gasteiger partial charge in [-0.1, -0.05) is 31.9 Å². The number of anilines is 1. The summed E-state index contributed by atoms with van der Waals surface area (Å²) in [4.78, 5) is 2.34. The molecule has 25 heavy (non-hydrogen) atoms. The molecule has 0 bridgehead atoms. The Bertz CT molecular complexity index is 584. The van der Waals surface area contributed by atoms with Crippen molar-refractivity contribution in [3.8, 4) is 0 Å². The largest absolute Gasteiger partial charge is 0.378 e. The van der Waals surface area contributed by atoms with Gasteiger partial charge in [0.15, 0.2) is 5.11 Å². The molecule has 5 nitrogen and oxygen atoms in total. The minimum Gasteiger partial charge on any atom is -0.378 e. The van der Waals surface area contributed by atoms with E-state index in [0.29, 0.717) is 17.1 Å². The topological polar surface area (TPSA) is 48.9 Å². The van der Waals surface area contributed by atoms with Crippen molar-refractivity contribution in [1.82, 2.24) is 10.7 Å². The van der Waals surface area contributed by atoms with Gasteiger partial charge in [0.25, 0.3) is 0 Å². The molecule has 2 N–H and O–H groups in total. The molecule has 0 amide bonds. The Balaban J connectivity index is 1.45. The summed E-state index contributed by atoms with van der Waals surface area (Å²) in [7, 11) is 0. The van der Waals surface area contributed by atoms with Crippen LogP contribution in [-0.2, 0) is 4.74 Å². The molecule has 136 valence electrons. The maximum absolute atomic E-state index is 5.39. The third kappa shape index (κ3) is 5.41. The van der Waals surface area contributed by atoms with Crippen molar-refractivity contribution in [1.29, 1.82) is 0 Å². The van der Waals surface area contributed by atoms with Gasteiger partial charge in [-0.05, 0) is 48.7 Å². The van der Waals surface area contributed by atoms with E-state index >= 15 is 0 Å². The Morgan fingerprint density at radius 2 is 1.92 bits per heavy atom. The van der Waals surface area contributed by atoms with Gasteiger partial charge >= 0.3 is 0 Å². The Morgan fingerprint density at radius 3 is 2.64 bits per heavy atom. The fourth-order valence-corrected chi connectivity index (χ4v) is 3.69. The smallest absolute Gasteiger partial charge is 0.187 e. The first-order chi connectivity index (χ1) is 12.2. The number of morpholine rings is 1. The van der Waals surface area contributed by atoms with Crippen LogP contribution in [0.4, 0.5) is 5.69 Å². The summed E-state index contributed by atoms with van der Waals surface area (Å²) in [6, 6.07) is 8.89. The van der Waals surface area contributed by atoms with Crippen molar-refractivity contribution in [3.05, 3.63) is 29.8 Å². The van der Waals surface area contributed by atoms with Crippen LogP contribution in [0.3, 0.4) is 0 Å². The molecule has 0 aromatic heterocycles. The van der Waals surface area contributed by atoms with Crippen LogP contribution in [0.25, 0.3) is 0 Å². The molecular formula is C19H28N4OS. The van der Waals surface area contributed by atoms with E-state index in [1.165, 1.54) is 31.4 Å². The van der Waals surface area contributed by atoms with Crippen LogP contribution in [-0.4, -0.2) is 43.7 Å². The standard InChI is InChI=1S/C19H28N4OS/c1-15-4-2-3-5-18(15)21-19(25)22-20-14-16-6-8-17(9-7-16)23-10-12-24-13-11-23/h6-9,14-15,18H,2-5,10-13H2,1H3,(H2,21,22,25)/b20-14-/t15-,18-/m1/s1. The Hall–Kier alpha value is -1.66. The van der Waals surface area contributed by atoms with Gasteiger partial charge in [0.2, 0.25) is 0 Å². The van der Waals surface area contributed by atoms with Crippen LogP contribution in [0.15, 0.2) is 29.4 Å². The molecule has 1 aliphatic heterocycles. The van der Waals surface area contributed by atoms with Crippen LogP contribution in [0.5, 0.6) is 0 Å². The van der Waals surface area contributed by atoms with Gasteiger partial charge in [0.05, 0.1) is 19.4 Å². The first kappa shape index (κ1) is 18.1. The predicted molar refractivity (Wildman–Crippen MR) is 107 cm³/mol. The second-order valence-electron chi connectivity index (χ2n) is 6.90. The van der Waals surface area contributed by atoms with Gasteiger partial charge in [0, 0.05) is 24.8 Å².